The minimum atomic E-state index is -0.765. The lowest BCUT2D eigenvalue weighted by molar-refractivity contribution is -0.140. The number of esters is 1. The monoisotopic (exact) mass is 511 g/mol. The molecule has 0 radical (unpaired) electrons. The molecule has 0 aliphatic carbocycles. The third kappa shape index (κ3) is 5.25. The van der Waals surface area contributed by atoms with Crippen LogP contribution in [0.25, 0.3) is 5.76 Å². The summed E-state index contributed by atoms with van der Waals surface area (Å²) in [6.07, 6.45) is 0. The summed E-state index contributed by atoms with van der Waals surface area (Å²) in [5, 5.41) is 11.6. The number of amides is 1. The van der Waals surface area contributed by atoms with Crippen LogP contribution in [0.15, 0.2) is 78.4 Å². The normalized spacial score (nSPS) is 17.1. The summed E-state index contributed by atoms with van der Waals surface area (Å²) in [6.45, 7) is 10.3. The number of hydrogen-bond acceptors (Lipinski definition) is 5. The molecule has 6 nitrogen and oxygen atoms in total. The van der Waals surface area contributed by atoms with E-state index in [2.05, 4.69) is 20.8 Å². The Balaban J connectivity index is 1.80. The molecule has 0 bridgehead atoms. The number of carbonyl (C=O) groups excluding carboxylic acids is 3. The molecule has 6 heteroatoms. The number of likely N-dealkylation sites (tertiary alicyclic amines) is 1. The lowest BCUT2D eigenvalue weighted by Crippen LogP contribution is -2.29. The first kappa shape index (κ1) is 26.9. The van der Waals surface area contributed by atoms with Crippen LogP contribution >= 0.6 is 0 Å². The number of aliphatic hydroxyl groups is 1. The van der Waals surface area contributed by atoms with Crippen LogP contribution in [0.2, 0.25) is 0 Å². The zero-order valence-electron chi connectivity index (χ0n) is 22.4. The highest BCUT2D eigenvalue weighted by molar-refractivity contribution is 6.46. The van der Waals surface area contributed by atoms with E-state index in [0.717, 1.165) is 22.3 Å². The van der Waals surface area contributed by atoms with Gasteiger partial charge in [0.25, 0.3) is 11.7 Å². The lowest BCUT2D eigenvalue weighted by Gasteiger charge is -2.26. The zero-order chi connectivity index (χ0) is 27.6. The molecule has 1 saturated heterocycles. The first-order chi connectivity index (χ1) is 18.0. The number of ketones is 1. The highest BCUT2D eigenvalue weighted by Crippen LogP contribution is 2.41. The minimum absolute atomic E-state index is 0.0681. The van der Waals surface area contributed by atoms with Crippen molar-refractivity contribution < 1.29 is 24.2 Å². The SMILES string of the molecule is CCOC(=O)c1ccc(CN2C(=O)C(=O)/C(=C(/O)c3cc(C(C)(C)C)ccc3C)C2c2ccccc2)cc1. The summed E-state index contributed by atoms with van der Waals surface area (Å²) in [4.78, 5) is 40.3. The van der Waals surface area contributed by atoms with Crippen LogP contribution < -0.4 is 0 Å². The van der Waals surface area contributed by atoms with E-state index >= 15 is 0 Å². The van der Waals surface area contributed by atoms with Crippen LogP contribution in [-0.2, 0) is 26.3 Å². The van der Waals surface area contributed by atoms with Crippen molar-refractivity contribution in [2.24, 2.45) is 0 Å². The van der Waals surface area contributed by atoms with Crippen LogP contribution in [-0.4, -0.2) is 34.3 Å². The van der Waals surface area contributed by atoms with Gasteiger partial charge in [-0.2, -0.15) is 0 Å². The Bertz CT molecular complexity index is 1400. The van der Waals surface area contributed by atoms with Crippen molar-refractivity contribution in [3.8, 4) is 0 Å². The summed E-state index contributed by atoms with van der Waals surface area (Å²) in [6, 6.07) is 21.1. The number of nitrogens with zero attached hydrogens (tertiary/aromatic N) is 1. The van der Waals surface area contributed by atoms with Gasteiger partial charge in [0, 0.05) is 12.1 Å². The zero-order valence-corrected chi connectivity index (χ0v) is 22.4. The molecule has 3 aromatic carbocycles. The van der Waals surface area contributed by atoms with Crippen molar-refractivity contribution in [2.75, 3.05) is 6.61 Å². The molecule has 38 heavy (non-hydrogen) atoms. The first-order valence-corrected chi connectivity index (χ1v) is 12.7. The molecule has 1 fully saturated rings. The van der Waals surface area contributed by atoms with Gasteiger partial charge in [-0.15, -0.1) is 0 Å². The molecule has 1 aliphatic rings. The van der Waals surface area contributed by atoms with E-state index in [1.807, 2.05) is 55.5 Å². The largest absolute Gasteiger partial charge is 0.507 e. The standard InChI is InChI=1S/C32H33NO5/c1-6-38-31(37)23-15-13-21(14-16-23)19-33-27(22-10-8-7-9-11-22)26(29(35)30(33)36)28(34)25-18-24(32(3,4)5)17-12-20(25)2/h7-18,27,34H,6,19H2,1-5H3/b28-26+. The Labute approximate surface area is 223 Å². The third-order valence-electron chi connectivity index (χ3n) is 6.83. The summed E-state index contributed by atoms with van der Waals surface area (Å²) in [7, 11) is 0. The quantitative estimate of drug-likeness (QED) is 0.187. The fourth-order valence-electron chi connectivity index (χ4n) is 4.67. The number of Topliss-reactive ketones (excluding diaryl/α,β-unsaturated/α-hetero) is 1. The fourth-order valence-corrected chi connectivity index (χ4v) is 4.67. The van der Waals surface area contributed by atoms with Crippen LogP contribution in [0.3, 0.4) is 0 Å². The predicted molar refractivity (Wildman–Crippen MR) is 147 cm³/mol. The number of benzene rings is 3. The van der Waals surface area contributed by atoms with E-state index in [-0.39, 0.29) is 29.9 Å². The number of rotatable bonds is 6. The maximum absolute atomic E-state index is 13.4. The molecule has 0 aromatic heterocycles. The van der Waals surface area contributed by atoms with Gasteiger partial charge < -0.3 is 14.7 Å². The second-order valence-corrected chi connectivity index (χ2v) is 10.5. The van der Waals surface area contributed by atoms with Crippen molar-refractivity contribution >= 4 is 23.4 Å². The summed E-state index contributed by atoms with van der Waals surface area (Å²) in [5.41, 5.74) is 4.14. The van der Waals surface area contributed by atoms with Gasteiger partial charge in [-0.05, 0) is 59.7 Å². The second kappa shape index (κ2) is 10.7. The van der Waals surface area contributed by atoms with E-state index in [4.69, 9.17) is 4.74 Å². The molecular weight excluding hydrogens is 478 g/mol. The van der Waals surface area contributed by atoms with Gasteiger partial charge in [0.05, 0.1) is 23.8 Å². The first-order valence-electron chi connectivity index (χ1n) is 12.7. The molecule has 1 heterocycles. The third-order valence-corrected chi connectivity index (χ3v) is 6.83. The van der Waals surface area contributed by atoms with E-state index in [0.29, 0.717) is 11.1 Å². The van der Waals surface area contributed by atoms with E-state index in [1.165, 1.54) is 4.90 Å². The van der Waals surface area contributed by atoms with E-state index < -0.39 is 23.7 Å². The smallest absolute Gasteiger partial charge is 0.338 e. The summed E-state index contributed by atoms with van der Waals surface area (Å²) < 4.78 is 5.05. The van der Waals surface area contributed by atoms with Crippen molar-refractivity contribution in [1.29, 1.82) is 0 Å². The molecule has 3 aromatic rings. The second-order valence-electron chi connectivity index (χ2n) is 10.5. The maximum atomic E-state index is 13.4. The average Bonchev–Trinajstić information content (AvgIpc) is 3.14. The molecule has 0 saturated carbocycles. The van der Waals surface area contributed by atoms with Crippen molar-refractivity contribution in [3.63, 3.8) is 0 Å². The average molecular weight is 512 g/mol. The fraction of sp³-hybridized carbons (Fsp3) is 0.281. The maximum Gasteiger partial charge on any atom is 0.338 e. The number of carbonyl (C=O) groups is 3. The van der Waals surface area contributed by atoms with E-state index in [1.54, 1.807) is 31.2 Å². The van der Waals surface area contributed by atoms with Gasteiger partial charge in [-0.25, -0.2) is 4.79 Å². The van der Waals surface area contributed by atoms with Crippen molar-refractivity contribution in [1.82, 2.24) is 4.90 Å². The Hall–Kier alpha value is -4.19. The van der Waals surface area contributed by atoms with Crippen molar-refractivity contribution in [3.05, 3.63) is 112 Å². The van der Waals surface area contributed by atoms with Gasteiger partial charge in [0.15, 0.2) is 0 Å². The molecule has 1 aliphatic heterocycles. The lowest BCUT2D eigenvalue weighted by atomic mass is 9.84. The molecule has 4 rings (SSSR count). The Morgan fingerprint density at radius 1 is 0.974 bits per heavy atom. The van der Waals surface area contributed by atoms with Crippen molar-refractivity contribution in [2.45, 2.75) is 52.6 Å². The number of aryl methyl sites for hydroxylation is 1. The van der Waals surface area contributed by atoms with E-state index in [9.17, 15) is 19.5 Å². The van der Waals surface area contributed by atoms with Crippen LogP contribution in [0.4, 0.5) is 0 Å². The summed E-state index contributed by atoms with van der Waals surface area (Å²) >= 11 is 0. The molecular formula is C32H33NO5. The predicted octanol–water partition coefficient (Wildman–Crippen LogP) is 6.09. The topological polar surface area (TPSA) is 83.9 Å². The highest BCUT2D eigenvalue weighted by Gasteiger charge is 2.46. The van der Waals surface area contributed by atoms with Gasteiger partial charge in [-0.1, -0.05) is 75.4 Å². The van der Waals surface area contributed by atoms with Crippen LogP contribution in [0, 0.1) is 6.92 Å². The van der Waals surface area contributed by atoms with Gasteiger partial charge in [0.1, 0.15) is 5.76 Å². The Kier molecular flexibility index (Phi) is 7.53. The number of aliphatic hydroxyl groups excluding tert-OH is 1. The number of hydrogen-bond donors (Lipinski definition) is 1. The molecule has 1 unspecified atom stereocenters. The van der Waals surface area contributed by atoms with Gasteiger partial charge in [0.2, 0.25) is 0 Å². The van der Waals surface area contributed by atoms with Gasteiger partial charge >= 0.3 is 5.97 Å². The summed E-state index contributed by atoms with van der Waals surface area (Å²) in [5.74, 6) is -2.00. The molecule has 0 spiro atoms. The van der Waals surface area contributed by atoms with Crippen LogP contribution in [0.5, 0.6) is 0 Å². The van der Waals surface area contributed by atoms with Gasteiger partial charge in [-0.3, -0.25) is 9.59 Å². The Morgan fingerprint density at radius 3 is 2.24 bits per heavy atom. The minimum Gasteiger partial charge on any atom is -0.507 e. The van der Waals surface area contributed by atoms with Crippen LogP contribution in [0.1, 0.15) is 71.9 Å². The molecule has 1 N–H and O–H groups in total. The highest BCUT2D eigenvalue weighted by atomic mass is 16.5. The molecule has 196 valence electrons. The molecule has 1 atom stereocenters. The number of ether oxygens (including phenoxy) is 1. The Morgan fingerprint density at radius 2 is 1.63 bits per heavy atom. The molecule has 1 amide bonds.